The predicted molar refractivity (Wildman–Crippen MR) is 122 cm³/mol. The maximum Gasteiger partial charge on any atom is 0.202 e. The number of carbonyl (C=O) groups excluding carboxylic acids is 2. The number of methoxy groups -OCH3 is 1. The quantitative estimate of drug-likeness (QED) is 0.268. The van der Waals surface area contributed by atoms with Crippen LogP contribution in [-0.4, -0.2) is 52.9 Å². The molecule has 0 aromatic heterocycles. The number of phenols is 2. The number of rotatable bonds is 5. The fraction of sp³-hybridized carbons (Fsp3) is 0.280. The number of hydrogen-bond donors (Lipinski definition) is 4. The van der Waals surface area contributed by atoms with E-state index >= 15 is 0 Å². The molecule has 2 aliphatic heterocycles. The molecule has 0 spiro atoms. The van der Waals surface area contributed by atoms with Gasteiger partial charge >= 0.3 is 0 Å². The van der Waals surface area contributed by atoms with Crippen molar-refractivity contribution in [2.24, 2.45) is 0 Å². The molecule has 5 rings (SSSR count). The number of ketones is 2. The lowest BCUT2D eigenvalue weighted by Crippen LogP contribution is -2.53. The minimum Gasteiger partial charge on any atom is -0.507 e. The van der Waals surface area contributed by atoms with Gasteiger partial charge in [0.1, 0.15) is 17.2 Å². The zero-order valence-electron chi connectivity index (χ0n) is 18.7. The van der Waals surface area contributed by atoms with Gasteiger partial charge in [-0.1, -0.05) is 18.2 Å². The molecular formula is C25H25N3O5. The fourth-order valence-corrected chi connectivity index (χ4v) is 5.55. The van der Waals surface area contributed by atoms with Crippen LogP contribution in [0.25, 0.3) is 0 Å². The van der Waals surface area contributed by atoms with Gasteiger partial charge in [0.05, 0.1) is 35.4 Å². The highest BCUT2D eigenvalue weighted by Gasteiger charge is 2.52. The molecule has 0 amide bonds. The van der Waals surface area contributed by atoms with Gasteiger partial charge in [-0.2, -0.15) is 0 Å². The average Bonchev–Trinajstić information content (AvgIpc) is 2.97. The van der Waals surface area contributed by atoms with E-state index in [-0.39, 0.29) is 39.5 Å². The Kier molecular flexibility index (Phi) is 4.63. The van der Waals surface area contributed by atoms with E-state index in [0.717, 1.165) is 5.70 Å². The predicted octanol–water partition coefficient (Wildman–Crippen LogP) is 2.35. The van der Waals surface area contributed by atoms with Crippen molar-refractivity contribution in [3.8, 4) is 17.2 Å². The molecule has 2 aromatic rings. The number of hydrogen-bond acceptors (Lipinski definition) is 8. The summed E-state index contributed by atoms with van der Waals surface area (Å²) in [4.78, 5) is 29.1. The van der Waals surface area contributed by atoms with Crippen molar-refractivity contribution >= 4 is 11.6 Å². The second-order valence-corrected chi connectivity index (χ2v) is 8.67. The highest BCUT2D eigenvalue weighted by Crippen LogP contribution is 2.56. The molecule has 2 bridgehead atoms. The lowest BCUT2D eigenvalue weighted by Gasteiger charge is -2.45. The van der Waals surface area contributed by atoms with Crippen molar-refractivity contribution in [3.63, 3.8) is 0 Å². The number of aromatic hydroxyl groups is 2. The minimum absolute atomic E-state index is 0.0928. The summed E-state index contributed by atoms with van der Waals surface area (Å²) in [7, 11) is 3.17. The van der Waals surface area contributed by atoms with Crippen molar-refractivity contribution in [1.29, 1.82) is 0 Å². The molecular weight excluding hydrogens is 422 g/mol. The number of ether oxygens (including phenoxy) is 1. The summed E-state index contributed by atoms with van der Waals surface area (Å²) in [6.45, 7) is 6.41. The third-order valence-electron chi connectivity index (χ3n) is 7.04. The van der Waals surface area contributed by atoms with Crippen LogP contribution >= 0.6 is 0 Å². The highest BCUT2D eigenvalue weighted by molar-refractivity contribution is 6.31. The molecule has 8 nitrogen and oxygen atoms in total. The molecule has 8 heteroatoms. The second-order valence-electron chi connectivity index (χ2n) is 8.67. The largest absolute Gasteiger partial charge is 0.507 e. The molecule has 33 heavy (non-hydrogen) atoms. The molecule has 170 valence electrons. The third kappa shape index (κ3) is 2.59. The number of phenolic OH excluding ortho intramolecular Hbond substituents is 2. The van der Waals surface area contributed by atoms with Crippen LogP contribution < -0.4 is 15.6 Å². The van der Waals surface area contributed by atoms with Gasteiger partial charge in [-0.05, 0) is 19.1 Å². The van der Waals surface area contributed by atoms with Crippen molar-refractivity contribution in [2.75, 3.05) is 20.7 Å². The van der Waals surface area contributed by atoms with Crippen LogP contribution in [0.2, 0.25) is 0 Å². The first-order chi connectivity index (χ1) is 15.8. The molecule has 3 aliphatic rings. The molecule has 2 aromatic carbocycles. The van der Waals surface area contributed by atoms with Crippen LogP contribution in [-0.2, 0) is 6.42 Å². The number of fused-ring (bicyclic) bond motifs is 6. The average molecular weight is 447 g/mol. The Morgan fingerprint density at radius 2 is 1.94 bits per heavy atom. The Hall–Kier alpha value is -3.62. The first kappa shape index (κ1) is 21.2. The number of nitrogens with zero attached hydrogens (tertiary/aromatic N) is 1. The van der Waals surface area contributed by atoms with E-state index in [2.05, 4.69) is 22.3 Å². The molecule has 2 atom stereocenters. The molecule has 0 saturated carbocycles. The standard InChI is InChI=1S/C25H25N3O5/c1-5-9-28-14-10-16(27-26-3)25(28,2)11-13-17(14)23(31)20-19(22(13)30)21(29)12-7-6-8-15(33-4)18(12)24(20)32/h5-8,10,14,26-27,30-31H,1,9,11H2,2-4H3. The van der Waals surface area contributed by atoms with Gasteiger partial charge < -0.3 is 20.4 Å². The monoisotopic (exact) mass is 447 g/mol. The molecule has 2 heterocycles. The van der Waals surface area contributed by atoms with E-state index in [4.69, 9.17) is 4.74 Å². The second kappa shape index (κ2) is 7.19. The van der Waals surface area contributed by atoms with E-state index in [1.165, 1.54) is 13.2 Å². The summed E-state index contributed by atoms with van der Waals surface area (Å²) < 4.78 is 5.32. The summed E-state index contributed by atoms with van der Waals surface area (Å²) >= 11 is 0. The van der Waals surface area contributed by atoms with E-state index in [1.54, 1.807) is 25.3 Å². The summed E-state index contributed by atoms with van der Waals surface area (Å²) in [5.74, 6) is -1.35. The third-order valence-corrected chi connectivity index (χ3v) is 7.04. The molecule has 1 aliphatic carbocycles. The van der Waals surface area contributed by atoms with E-state index < -0.39 is 23.1 Å². The minimum atomic E-state index is -0.549. The number of nitrogens with one attached hydrogen (secondary N) is 2. The normalized spacial score (nSPS) is 22.9. The Morgan fingerprint density at radius 3 is 2.61 bits per heavy atom. The van der Waals surface area contributed by atoms with Gasteiger partial charge in [0, 0.05) is 42.4 Å². The van der Waals surface area contributed by atoms with Gasteiger partial charge in [-0.3, -0.25) is 14.5 Å². The number of carbonyl (C=O) groups is 2. The first-order valence-corrected chi connectivity index (χ1v) is 10.7. The van der Waals surface area contributed by atoms with Gasteiger partial charge in [0.15, 0.2) is 5.78 Å². The van der Waals surface area contributed by atoms with Crippen LogP contribution in [0.15, 0.2) is 42.6 Å². The van der Waals surface area contributed by atoms with Gasteiger partial charge in [-0.15, -0.1) is 6.58 Å². The van der Waals surface area contributed by atoms with Crippen molar-refractivity contribution in [3.05, 3.63) is 76.0 Å². The lowest BCUT2D eigenvalue weighted by atomic mass is 9.75. The summed E-state index contributed by atoms with van der Waals surface area (Å²) in [6, 6.07) is 4.32. The molecule has 0 fully saturated rings. The van der Waals surface area contributed by atoms with Crippen molar-refractivity contribution in [2.45, 2.75) is 24.9 Å². The van der Waals surface area contributed by atoms with Gasteiger partial charge in [-0.25, -0.2) is 5.43 Å². The summed E-state index contributed by atoms with van der Waals surface area (Å²) in [5.41, 5.74) is 7.22. The molecule has 2 unspecified atom stereocenters. The van der Waals surface area contributed by atoms with Crippen molar-refractivity contribution < 1.29 is 24.5 Å². The fourth-order valence-electron chi connectivity index (χ4n) is 5.55. The van der Waals surface area contributed by atoms with Crippen LogP contribution in [0.1, 0.15) is 55.9 Å². The Morgan fingerprint density at radius 1 is 1.21 bits per heavy atom. The number of benzene rings is 2. The molecule has 0 radical (unpaired) electrons. The zero-order chi connectivity index (χ0) is 23.7. The van der Waals surface area contributed by atoms with Crippen molar-refractivity contribution in [1.82, 2.24) is 15.8 Å². The van der Waals surface area contributed by atoms with E-state index in [9.17, 15) is 19.8 Å². The molecule has 0 saturated heterocycles. The smallest absolute Gasteiger partial charge is 0.202 e. The van der Waals surface area contributed by atoms with Crippen LogP contribution in [0.5, 0.6) is 17.2 Å². The Balaban J connectivity index is 1.79. The zero-order valence-corrected chi connectivity index (χ0v) is 18.7. The lowest BCUT2D eigenvalue weighted by molar-refractivity contribution is 0.0965. The van der Waals surface area contributed by atoms with Gasteiger partial charge in [0.25, 0.3) is 0 Å². The SMILES string of the molecule is C=CCN1C2C=C(NNC)C1(C)Cc1c(O)c3c(c(O)c12)C(=O)c1c(OC)cccc1C3=O. The van der Waals surface area contributed by atoms with Crippen LogP contribution in [0.4, 0.5) is 0 Å². The number of hydrazine groups is 1. The topological polar surface area (TPSA) is 111 Å². The Labute approximate surface area is 191 Å². The maximum atomic E-state index is 13.6. The highest BCUT2D eigenvalue weighted by atomic mass is 16.5. The van der Waals surface area contributed by atoms with Gasteiger partial charge in [0.2, 0.25) is 5.78 Å². The van der Waals surface area contributed by atoms with E-state index in [0.29, 0.717) is 24.1 Å². The summed E-state index contributed by atoms with van der Waals surface area (Å²) in [6.07, 6.45) is 4.06. The summed E-state index contributed by atoms with van der Waals surface area (Å²) in [5, 5.41) is 22.8. The molecule has 4 N–H and O–H groups in total. The van der Waals surface area contributed by atoms with E-state index in [1.807, 2.05) is 13.0 Å². The Bertz CT molecular complexity index is 1280. The van der Waals surface area contributed by atoms with Crippen LogP contribution in [0.3, 0.4) is 0 Å². The maximum absolute atomic E-state index is 13.6. The first-order valence-electron chi connectivity index (χ1n) is 10.7. The van der Waals surface area contributed by atoms with Crippen LogP contribution in [0, 0.1) is 0 Å².